The Morgan fingerprint density at radius 3 is 2.24 bits per heavy atom. The lowest BCUT2D eigenvalue weighted by Crippen LogP contribution is -1.91. The number of nitro benzene ring substituents is 1. The fourth-order valence-electron chi connectivity index (χ4n) is 1.58. The lowest BCUT2D eigenvalue weighted by atomic mass is 10.0. The highest BCUT2D eigenvalue weighted by Gasteiger charge is 2.13. The van der Waals surface area contributed by atoms with Crippen molar-refractivity contribution in [3.05, 3.63) is 63.6 Å². The number of nitro groups is 1. The van der Waals surface area contributed by atoms with Crippen molar-refractivity contribution in [2.24, 2.45) is 5.18 Å². The molecule has 0 spiro atoms. The van der Waals surface area contributed by atoms with E-state index in [9.17, 15) is 15.0 Å². The highest BCUT2D eigenvalue weighted by atomic mass is 16.6. The van der Waals surface area contributed by atoms with E-state index >= 15 is 0 Å². The standard InChI is InChI=1S/C12H8N2O3/c15-13-10-7-5-9(6-8-10)11-3-1-2-4-12(11)14(16)17/h1-8H. The van der Waals surface area contributed by atoms with E-state index in [4.69, 9.17) is 0 Å². The Morgan fingerprint density at radius 2 is 1.65 bits per heavy atom. The molecule has 0 saturated heterocycles. The first-order valence-corrected chi connectivity index (χ1v) is 4.89. The highest BCUT2D eigenvalue weighted by molar-refractivity contribution is 5.74. The summed E-state index contributed by atoms with van der Waals surface area (Å²) in [6, 6.07) is 12.8. The maximum Gasteiger partial charge on any atom is 0.277 e. The molecule has 5 nitrogen and oxygen atoms in total. The molecule has 0 bridgehead atoms. The van der Waals surface area contributed by atoms with E-state index in [2.05, 4.69) is 5.18 Å². The van der Waals surface area contributed by atoms with Crippen LogP contribution in [0.25, 0.3) is 11.1 Å². The Bertz CT molecular complexity index is 564. The predicted molar refractivity (Wildman–Crippen MR) is 64.0 cm³/mol. The second-order valence-corrected chi connectivity index (χ2v) is 3.41. The number of rotatable bonds is 3. The topological polar surface area (TPSA) is 72.6 Å². The zero-order chi connectivity index (χ0) is 12.3. The number of hydrogen-bond donors (Lipinski definition) is 0. The van der Waals surface area contributed by atoms with Crippen LogP contribution in [-0.4, -0.2) is 4.92 Å². The largest absolute Gasteiger partial charge is 0.277 e. The summed E-state index contributed by atoms with van der Waals surface area (Å²) in [6.07, 6.45) is 0. The maximum atomic E-state index is 10.9. The molecule has 0 aliphatic heterocycles. The smallest absolute Gasteiger partial charge is 0.258 e. The van der Waals surface area contributed by atoms with Gasteiger partial charge in [-0.1, -0.05) is 24.3 Å². The number of nitroso groups, excluding NO2 is 1. The minimum Gasteiger partial charge on any atom is -0.258 e. The Labute approximate surface area is 96.8 Å². The van der Waals surface area contributed by atoms with E-state index < -0.39 is 4.92 Å². The van der Waals surface area contributed by atoms with Gasteiger partial charge >= 0.3 is 0 Å². The molecule has 0 radical (unpaired) electrons. The van der Waals surface area contributed by atoms with Crippen molar-refractivity contribution >= 4 is 11.4 Å². The molecule has 17 heavy (non-hydrogen) atoms. The fourth-order valence-corrected chi connectivity index (χ4v) is 1.58. The zero-order valence-electron chi connectivity index (χ0n) is 8.74. The van der Waals surface area contributed by atoms with Gasteiger partial charge in [0.1, 0.15) is 5.69 Å². The van der Waals surface area contributed by atoms with Crippen molar-refractivity contribution in [1.82, 2.24) is 0 Å². The van der Waals surface area contributed by atoms with Gasteiger partial charge in [-0.15, -0.1) is 4.91 Å². The fraction of sp³-hybridized carbons (Fsp3) is 0. The molecule has 2 aromatic rings. The Balaban J connectivity index is 2.52. The molecule has 0 saturated carbocycles. The van der Waals surface area contributed by atoms with Crippen LogP contribution in [0.2, 0.25) is 0 Å². The van der Waals surface area contributed by atoms with Gasteiger partial charge in [0.2, 0.25) is 0 Å². The first-order valence-electron chi connectivity index (χ1n) is 4.89. The molecule has 0 heterocycles. The molecule has 5 heteroatoms. The minimum absolute atomic E-state index is 0.0410. The molecule has 2 aromatic carbocycles. The van der Waals surface area contributed by atoms with Crippen LogP contribution in [0.5, 0.6) is 0 Å². The predicted octanol–water partition coefficient (Wildman–Crippen LogP) is 3.66. The average molecular weight is 228 g/mol. The molecule has 0 atom stereocenters. The van der Waals surface area contributed by atoms with Crippen LogP contribution < -0.4 is 0 Å². The maximum absolute atomic E-state index is 10.9. The summed E-state index contributed by atoms with van der Waals surface area (Å²) < 4.78 is 0. The third kappa shape index (κ3) is 2.17. The van der Waals surface area contributed by atoms with Gasteiger partial charge in [-0.25, -0.2) is 0 Å². The van der Waals surface area contributed by atoms with E-state index in [-0.39, 0.29) is 5.69 Å². The molecule has 0 N–H and O–H groups in total. The van der Waals surface area contributed by atoms with Crippen LogP contribution in [0.4, 0.5) is 11.4 Å². The van der Waals surface area contributed by atoms with Crippen molar-refractivity contribution in [3.63, 3.8) is 0 Å². The first-order chi connectivity index (χ1) is 8.22. The molecule has 84 valence electrons. The molecule has 0 amide bonds. The van der Waals surface area contributed by atoms with Crippen LogP contribution in [0.3, 0.4) is 0 Å². The van der Waals surface area contributed by atoms with Crippen LogP contribution in [-0.2, 0) is 0 Å². The summed E-state index contributed by atoms with van der Waals surface area (Å²) in [5.74, 6) is 0. The van der Waals surface area contributed by atoms with Gasteiger partial charge in [0, 0.05) is 6.07 Å². The van der Waals surface area contributed by atoms with Crippen LogP contribution in [0.15, 0.2) is 53.7 Å². The second kappa shape index (κ2) is 4.52. The highest BCUT2D eigenvalue weighted by Crippen LogP contribution is 2.30. The van der Waals surface area contributed by atoms with Crippen molar-refractivity contribution in [3.8, 4) is 11.1 Å². The molecular formula is C12H8N2O3. The quantitative estimate of drug-likeness (QED) is 0.457. The first kappa shape index (κ1) is 10.9. The summed E-state index contributed by atoms with van der Waals surface area (Å²) in [4.78, 5) is 20.7. The number of hydrogen-bond acceptors (Lipinski definition) is 4. The summed E-state index contributed by atoms with van der Waals surface area (Å²) in [7, 11) is 0. The lowest BCUT2D eigenvalue weighted by Gasteiger charge is -2.02. The number of nitrogens with zero attached hydrogens (tertiary/aromatic N) is 2. The van der Waals surface area contributed by atoms with E-state index in [1.807, 2.05) is 0 Å². The molecule has 0 aliphatic rings. The van der Waals surface area contributed by atoms with Crippen molar-refractivity contribution in [1.29, 1.82) is 0 Å². The van der Waals surface area contributed by atoms with Crippen LogP contribution in [0.1, 0.15) is 0 Å². The van der Waals surface area contributed by atoms with Gasteiger partial charge in [0.25, 0.3) is 5.69 Å². The van der Waals surface area contributed by atoms with Gasteiger partial charge < -0.3 is 0 Å². The van der Waals surface area contributed by atoms with Gasteiger partial charge in [-0.2, -0.15) is 0 Å². The molecule has 0 aromatic heterocycles. The molecular weight excluding hydrogens is 220 g/mol. The third-order valence-corrected chi connectivity index (χ3v) is 2.38. The van der Waals surface area contributed by atoms with E-state index in [1.165, 1.54) is 18.2 Å². The molecule has 0 unspecified atom stereocenters. The van der Waals surface area contributed by atoms with Gasteiger partial charge in [-0.05, 0) is 28.9 Å². The minimum atomic E-state index is -0.429. The van der Waals surface area contributed by atoms with E-state index in [0.29, 0.717) is 16.8 Å². The molecule has 2 rings (SSSR count). The van der Waals surface area contributed by atoms with E-state index in [1.54, 1.807) is 30.3 Å². The monoisotopic (exact) mass is 228 g/mol. The SMILES string of the molecule is O=Nc1ccc(-c2ccccc2[N+](=O)[O-])cc1. The van der Waals surface area contributed by atoms with Gasteiger partial charge in [0.05, 0.1) is 10.5 Å². The summed E-state index contributed by atoms with van der Waals surface area (Å²) >= 11 is 0. The zero-order valence-corrected chi connectivity index (χ0v) is 8.74. The van der Waals surface area contributed by atoms with Crippen molar-refractivity contribution in [2.75, 3.05) is 0 Å². The Kier molecular flexibility index (Phi) is 2.91. The van der Waals surface area contributed by atoms with Gasteiger partial charge in [-0.3, -0.25) is 10.1 Å². The molecule has 0 aliphatic carbocycles. The lowest BCUT2D eigenvalue weighted by molar-refractivity contribution is -0.384. The van der Waals surface area contributed by atoms with Crippen LogP contribution >= 0.6 is 0 Å². The van der Waals surface area contributed by atoms with Crippen LogP contribution in [0, 0.1) is 15.0 Å². The van der Waals surface area contributed by atoms with Crippen molar-refractivity contribution < 1.29 is 4.92 Å². The Morgan fingerprint density at radius 1 is 1.00 bits per heavy atom. The summed E-state index contributed by atoms with van der Waals surface area (Å²) in [6.45, 7) is 0. The second-order valence-electron chi connectivity index (χ2n) is 3.41. The number of benzene rings is 2. The molecule has 0 fully saturated rings. The summed E-state index contributed by atoms with van der Waals surface area (Å²) in [5.41, 5.74) is 1.55. The number of para-hydroxylation sites is 1. The average Bonchev–Trinajstić information content (AvgIpc) is 2.39. The van der Waals surface area contributed by atoms with Crippen molar-refractivity contribution in [2.45, 2.75) is 0 Å². The third-order valence-electron chi connectivity index (χ3n) is 2.38. The normalized spacial score (nSPS) is 9.88. The Hall–Kier alpha value is -2.56. The van der Waals surface area contributed by atoms with Gasteiger partial charge in [0.15, 0.2) is 0 Å². The summed E-state index contributed by atoms with van der Waals surface area (Å²) in [5, 5.41) is 13.6. The van der Waals surface area contributed by atoms with E-state index in [0.717, 1.165) is 0 Å².